The van der Waals surface area contributed by atoms with Gasteiger partial charge in [0.25, 0.3) is 5.91 Å². The number of aromatic amines is 1. The largest absolute Gasteiger partial charge is 0.348 e. The second-order valence-corrected chi connectivity index (χ2v) is 12.2. The second kappa shape index (κ2) is 18.2. The summed E-state index contributed by atoms with van der Waals surface area (Å²) >= 11 is 0. The Morgan fingerprint density at radius 3 is 2.28 bits per heavy atom. The van der Waals surface area contributed by atoms with Gasteiger partial charge in [-0.2, -0.15) is 0 Å². The molecule has 3 atom stereocenters. The van der Waals surface area contributed by atoms with Crippen LogP contribution in [0.25, 0.3) is 10.8 Å². The van der Waals surface area contributed by atoms with E-state index in [1.807, 2.05) is 55.6 Å². The van der Waals surface area contributed by atoms with E-state index in [1.54, 1.807) is 6.20 Å². The first kappa shape index (κ1) is 34.9. The van der Waals surface area contributed by atoms with E-state index in [0.717, 1.165) is 79.5 Å². The van der Waals surface area contributed by atoms with Crippen molar-refractivity contribution in [2.75, 3.05) is 19.6 Å². The summed E-state index contributed by atoms with van der Waals surface area (Å²) in [6.07, 6.45) is 9.22. The third-order valence-corrected chi connectivity index (χ3v) is 8.51. The zero-order valence-electron chi connectivity index (χ0n) is 28.0. The first-order valence-electron chi connectivity index (χ1n) is 17.1. The molecule has 3 aromatic carbocycles. The highest BCUT2D eigenvalue weighted by atomic mass is 16.2. The highest BCUT2D eigenvalue weighted by molar-refractivity contribution is 5.97. The monoisotopic (exact) mass is 624 g/mol. The lowest BCUT2D eigenvalue weighted by Gasteiger charge is -2.25. The maximum atomic E-state index is 13.8. The van der Waals surface area contributed by atoms with E-state index in [-0.39, 0.29) is 23.9 Å². The van der Waals surface area contributed by atoms with Crippen LogP contribution in [0.1, 0.15) is 106 Å². The Labute approximate surface area is 274 Å². The first-order chi connectivity index (χ1) is 22.4. The van der Waals surface area contributed by atoms with E-state index in [9.17, 15) is 9.59 Å². The van der Waals surface area contributed by atoms with Crippen molar-refractivity contribution in [2.45, 2.75) is 90.9 Å². The molecule has 0 saturated carbocycles. The number of benzene rings is 3. The molecule has 0 fully saturated rings. The van der Waals surface area contributed by atoms with Gasteiger partial charge in [-0.25, -0.2) is 4.98 Å². The van der Waals surface area contributed by atoms with Crippen LogP contribution in [0.5, 0.6) is 0 Å². The number of aromatic nitrogens is 2. The van der Waals surface area contributed by atoms with Crippen molar-refractivity contribution in [3.05, 3.63) is 102 Å². The first-order valence-corrected chi connectivity index (χ1v) is 17.1. The molecular formula is C38H52N6O2. The number of nitrogens with one attached hydrogen (secondary N) is 4. The molecule has 2 amide bonds. The van der Waals surface area contributed by atoms with Crippen LogP contribution in [0, 0.1) is 0 Å². The van der Waals surface area contributed by atoms with Crippen molar-refractivity contribution in [1.82, 2.24) is 30.8 Å². The Morgan fingerprint density at radius 2 is 1.59 bits per heavy atom. The number of rotatable bonds is 19. The maximum Gasteiger partial charge on any atom is 0.251 e. The molecule has 1 heterocycles. The smallest absolute Gasteiger partial charge is 0.251 e. The number of H-pyrrole nitrogens is 1. The highest BCUT2D eigenvalue weighted by Crippen LogP contribution is 2.24. The van der Waals surface area contributed by atoms with Gasteiger partial charge in [0, 0.05) is 24.5 Å². The van der Waals surface area contributed by atoms with Gasteiger partial charge in [0.2, 0.25) is 5.91 Å². The minimum absolute atomic E-state index is 0.143. The second-order valence-electron chi connectivity index (χ2n) is 12.2. The van der Waals surface area contributed by atoms with Gasteiger partial charge in [0.15, 0.2) is 0 Å². The number of carbonyl (C=O) groups excluding carboxylic acids is 2. The third kappa shape index (κ3) is 9.99. The number of amides is 2. The summed E-state index contributed by atoms with van der Waals surface area (Å²) in [5, 5.41) is 12.1. The van der Waals surface area contributed by atoms with Gasteiger partial charge in [-0.15, -0.1) is 0 Å². The minimum atomic E-state index is -0.639. The molecular weight excluding hydrogens is 572 g/mol. The van der Waals surface area contributed by atoms with Crippen molar-refractivity contribution in [3.8, 4) is 0 Å². The fourth-order valence-electron chi connectivity index (χ4n) is 6.12. The van der Waals surface area contributed by atoms with Crippen LogP contribution in [-0.4, -0.2) is 52.4 Å². The number of nitrogens with zero attached hydrogens (tertiary/aromatic N) is 2. The quantitative estimate of drug-likeness (QED) is 0.0894. The Morgan fingerprint density at radius 1 is 0.848 bits per heavy atom. The van der Waals surface area contributed by atoms with Crippen LogP contribution >= 0.6 is 0 Å². The zero-order valence-corrected chi connectivity index (χ0v) is 28.0. The lowest BCUT2D eigenvalue weighted by Crippen LogP contribution is -2.47. The predicted molar refractivity (Wildman–Crippen MR) is 188 cm³/mol. The average Bonchev–Trinajstić information content (AvgIpc) is 3.61. The molecule has 0 radical (unpaired) electrons. The van der Waals surface area contributed by atoms with Crippen molar-refractivity contribution in [3.63, 3.8) is 0 Å². The summed E-state index contributed by atoms with van der Waals surface area (Å²) in [5.41, 5.74) is 2.68. The Kier molecular flexibility index (Phi) is 13.8. The van der Waals surface area contributed by atoms with Crippen LogP contribution < -0.4 is 16.0 Å². The lowest BCUT2D eigenvalue weighted by atomic mass is 9.99. The van der Waals surface area contributed by atoms with E-state index in [1.165, 1.54) is 0 Å². The lowest BCUT2D eigenvalue weighted by molar-refractivity contribution is -0.123. The van der Waals surface area contributed by atoms with Crippen LogP contribution in [0.4, 0.5) is 0 Å². The normalized spacial score (nSPS) is 13.4. The molecule has 1 aromatic heterocycles. The van der Waals surface area contributed by atoms with Crippen LogP contribution in [0.3, 0.4) is 0 Å². The number of hydrogen-bond donors (Lipinski definition) is 4. The minimum Gasteiger partial charge on any atom is -0.348 e. The van der Waals surface area contributed by atoms with Crippen LogP contribution in [0.15, 0.2) is 79.1 Å². The van der Waals surface area contributed by atoms with Gasteiger partial charge >= 0.3 is 0 Å². The SMILES string of the molecule is CCCC(NCc1ccc(C(=O)N[C@@H](CCCN(CCC)CCC)C(=O)N[C@@H](C)c2cccc3ccccc23)cc1)c1ncc[nH]1. The van der Waals surface area contributed by atoms with Gasteiger partial charge in [-0.1, -0.05) is 81.8 Å². The highest BCUT2D eigenvalue weighted by Gasteiger charge is 2.24. The van der Waals surface area contributed by atoms with Crippen molar-refractivity contribution in [2.24, 2.45) is 0 Å². The van der Waals surface area contributed by atoms with Gasteiger partial charge in [-0.05, 0) is 92.7 Å². The van der Waals surface area contributed by atoms with E-state index in [0.29, 0.717) is 18.5 Å². The predicted octanol–water partition coefficient (Wildman–Crippen LogP) is 7.07. The Hall–Kier alpha value is -4.01. The van der Waals surface area contributed by atoms with Crippen molar-refractivity contribution >= 4 is 22.6 Å². The van der Waals surface area contributed by atoms with Gasteiger partial charge < -0.3 is 25.8 Å². The molecule has 8 nitrogen and oxygen atoms in total. The van der Waals surface area contributed by atoms with Crippen LogP contribution in [0.2, 0.25) is 0 Å². The third-order valence-electron chi connectivity index (χ3n) is 8.51. The topological polar surface area (TPSA) is 102 Å². The molecule has 0 spiro atoms. The molecule has 0 bridgehead atoms. The summed E-state index contributed by atoms with van der Waals surface area (Å²) < 4.78 is 0. The number of carbonyl (C=O) groups is 2. The van der Waals surface area contributed by atoms with E-state index in [2.05, 4.69) is 75.9 Å². The number of hydrogen-bond acceptors (Lipinski definition) is 5. The molecule has 1 unspecified atom stereocenters. The summed E-state index contributed by atoms with van der Waals surface area (Å²) in [4.78, 5) is 37.3. The molecule has 4 rings (SSSR count). The van der Waals surface area contributed by atoms with Gasteiger partial charge in [-0.3, -0.25) is 9.59 Å². The van der Waals surface area contributed by atoms with E-state index in [4.69, 9.17) is 0 Å². The molecule has 4 N–H and O–H groups in total. The van der Waals surface area contributed by atoms with E-state index >= 15 is 0 Å². The summed E-state index contributed by atoms with van der Waals surface area (Å²) in [5.74, 6) is 0.535. The van der Waals surface area contributed by atoms with Crippen molar-refractivity contribution in [1.29, 1.82) is 0 Å². The molecule has 246 valence electrons. The molecule has 0 saturated heterocycles. The molecule has 4 aromatic rings. The Balaban J connectivity index is 1.42. The molecule has 8 heteroatoms. The molecule has 0 aliphatic rings. The summed E-state index contributed by atoms with van der Waals surface area (Å²) in [6, 6.07) is 21.3. The Bertz CT molecular complexity index is 1480. The van der Waals surface area contributed by atoms with Gasteiger partial charge in [0.1, 0.15) is 11.9 Å². The maximum absolute atomic E-state index is 13.8. The molecule has 0 aliphatic carbocycles. The summed E-state index contributed by atoms with van der Waals surface area (Å²) in [6.45, 7) is 12.2. The van der Waals surface area contributed by atoms with Crippen molar-refractivity contribution < 1.29 is 9.59 Å². The number of imidazole rings is 1. The van der Waals surface area contributed by atoms with Gasteiger partial charge in [0.05, 0.1) is 12.1 Å². The average molecular weight is 625 g/mol. The van der Waals surface area contributed by atoms with Crippen LogP contribution in [-0.2, 0) is 11.3 Å². The molecule has 0 aliphatic heterocycles. The standard InChI is InChI=1S/C38H52N6O2/c1-5-12-34(36-39-22-23-40-36)41-27-29-18-20-31(21-19-29)37(45)43-35(17-11-26-44(24-6-2)25-7-3)38(46)42-28(4)32-16-10-14-30-13-8-9-15-33(30)32/h8-10,13-16,18-23,28,34-35,41H,5-7,11-12,17,24-27H2,1-4H3,(H,39,40)(H,42,46)(H,43,45)/t28-,34?,35-/m0/s1. The fourth-order valence-corrected chi connectivity index (χ4v) is 6.12. The fraction of sp³-hybridized carbons (Fsp3) is 0.447. The summed E-state index contributed by atoms with van der Waals surface area (Å²) in [7, 11) is 0. The number of fused-ring (bicyclic) bond motifs is 1. The molecule has 46 heavy (non-hydrogen) atoms. The van der Waals surface area contributed by atoms with E-state index < -0.39 is 6.04 Å². The zero-order chi connectivity index (χ0) is 32.7.